The quantitative estimate of drug-likeness (QED) is 0.592. The molecule has 21 heavy (non-hydrogen) atoms. The maximum atomic E-state index is 12.0. The number of ether oxygens (including phenoxy) is 1. The van der Waals surface area contributed by atoms with Crippen LogP contribution >= 0.6 is 0 Å². The Morgan fingerprint density at radius 2 is 1.81 bits per heavy atom. The van der Waals surface area contributed by atoms with E-state index in [4.69, 9.17) is 14.0 Å². The number of allylic oxidation sites excluding steroid dienone is 2. The molecular formula is C16H27BO4. The number of rotatable bonds is 3. The van der Waals surface area contributed by atoms with Crippen LogP contribution in [0.4, 0.5) is 0 Å². The summed E-state index contributed by atoms with van der Waals surface area (Å²) in [5, 5.41) is 0. The summed E-state index contributed by atoms with van der Waals surface area (Å²) in [6, 6.07) is 0. The van der Waals surface area contributed by atoms with Gasteiger partial charge in [0.15, 0.2) is 0 Å². The molecule has 2 rings (SSSR count). The minimum atomic E-state index is -0.414. The van der Waals surface area contributed by atoms with E-state index in [1.54, 1.807) is 0 Å². The summed E-state index contributed by atoms with van der Waals surface area (Å²) in [5.41, 5.74) is 0.0969. The molecule has 0 saturated carbocycles. The Hall–Kier alpha value is -0.805. The second kappa shape index (κ2) is 5.43. The molecule has 0 amide bonds. The van der Waals surface area contributed by atoms with Crippen molar-refractivity contribution in [1.82, 2.24) is 0 Å². The van der Waals surface area contributed by atoms with Gasteiger partial charge in [0, 0.05) is 0 Å². The van der Waals surface area contributed by atoms with Crippen LogP contribution in [0, 0.1) is 5.41 Å². The van der Waals surface area contributed by atoms with Crippen LogP contribution in [0.25, 0.3) is 0 Å². The molecular weight excluding hydrogens is 267 g/mol. The van der Waals surface area contributed by atoms with E-state index in [-0.39, 0.29) is 24.3 Å². The average molecular weight is 294 g/mol. The molecule has 5 heteroatoms. The molecule has 1 unspecified atom stereocenters. The Kier molecular flexibility index (Phi) is 4.29. The van der Waals surface area contributed by atoms with Gasteiger partial charge in [-0.25, -0.2) is 0 Å². The lowest BCUT2D eigenvalue weighted by molar-refractivity contribution is -0.154. The summed E-state index contributed by atoms with van der Waals surface area (Å²) in [5.74, 6) is -0.103. The van der Waals surface area contributed by atoms with E-state index in [9.17, 15) is 4.79 Å². The summed E-state index contributed by atoms with van der Waals surface area (Å²) >= 11 is 0. The molecule has 2 aliphatic rings. The molecule has 0 aromatic heterocycles. The Labute approximate surface area is 128 Å². The lowest BCUT2D eigenvalue weighted by Crippen LogP contribution is -2.41. The maximum absolute atomic E-state index is 12.0. The third-order valence-electron chi connectivity index (χ3n) is 5.10. The minimum absolute atomic E-state index is 0.103. The van der Waals surface area contributed by atoms with Gasteiger partial charge in [0.1, 0.15) is 0 Å². The van der Waals surface area contributed by atoms with Gasteiger partial charge in [0.25, 0.3) is 0 Å². The Morgan fingerprint density at radius 3 is 2.24 bits per heavy atom. The molecule has 1 fully saturated rings. The van der Waals surface area contributed by atoms with E-state index >= 15 is 0 Å². The second-order valence-corrected chi connectivity index (χ2v) is 7.35. The van der Waals surface area contributed by atoms with Crippen molar-refractivity contribution in [3.63, 3.8) is 0 Å². The van der Waals surface area contributed by atoms with E-state index < -0.39 is 5.41 Å². The van der Waals surface area contributed by atoms with Gasteiger partial charge in [-0.2, -0.15) is 0 Å². The van der Waals surface area contributed by atoms with Crippen molar-refractivity contribution in [3.05, 3.63) is 11.5 Å². The molecule has 1 saturated heterocycles. The van der Waals surface area contributed by atoms with E-state index in [2.05, 4.69) is 33.8 Å². The fraction of sp³-hybridized carbons (Fsp3) is 0.812. The van der Waals surface area contributed by atoms with Gasteiger partial charge in [-0.3, -0.25) is 4.79 Å². The average Bonchev–Trinajstić information content (AvgIpc) is 2.59. The monoisotopic (exact) mass is 294 g/mol. The first-order valence-corrected chi connectivity index (χ1v) is 7.83. The van der Waals surface area contributed by atoms with Crippen molar-refractivity contribution < 1.29 is 18.8 Å². The Bertz CT molecular complexity index is 439. The highest BCUT2D eigenvalue weighted by atomic mass is 16.7. The normalized spacial score (nSPS) is 31.0. The summed E-state index contributed by atoms with van der Waals surface area (Å²) in [6.45, 7) is 12.5. The predicted octanol–water partition coefficient (Wildman–Crippen LogP) is 3.30. The van der Waals surface area contributed by atoms with Gasteiger partial charge >= 0.3 is 13.1 Å². The molecule has 1 aliphatic carbocycles. The van der Waals surface area contributed by atoms with Crippen molar-refractivity contribution in [3.8, 4) is 0 Å². The van der Waals surface area contributed by atoms with Crippen molar-refractivity contribution >= 4 is 13.1 Å². The van der Waals surface area contributed by atoms with Crippen LogP contribution in [-0.4, -0.2) is 30.9 Å². The molecule has 0 N–H and O–H groups in total. The Morgan fingerprint density at radius 1 is 1.24 bits per heavy atom. The number of carbonyl (C=O) groups is 1. The summed E-state index contributed by atoms with van der Waals surface area (Å²) < 4.78 is 17.3. The van der Waals surface area contributed by atoms with Crippen LogP contribution in [0.1, 0.15) is 60.8 Å². The van der Waals surface area contributed by atoms with Gasteiger partial charge in [-0.05, 0) is 66.3 Å². The molecule has 0 radical (unpaired) electrons. The zero-order valence-corrected chi connectivity index (χ0v) is 14.1. The van der Waals surface area contributed by atoms with Gasteiger partial charge in [0.05, 0.1) is 23.2 Å². The first-order valence-electron chi connectivity index (χ1n) is 7.83. The Balaban J connectivity index is 2.06. The predicted molar refractivity (Wildman–Crippen MR) is 82.8 cm³/mol. The number of esters is 1. The third-order valence-corrected chi connectivity index (χ3v) is 5.10. The number of hydrogen-bond acceptors (Lipinski definition) is 4. The van der Waals surface area contributed by atoms with Crippen LogP contribution in [0.15, 0.2) is 11.5 Å². The molecule has 4 nitrogen and oxygen atoms in total. The molecule has 0 aromatic rings. The highest BCUT2D eigenvalue weighted by molar-refractivity contribution is 6.54. The second-order valence-electron chi connectivity index (χ2n) is 7.35. The van der Waals surface area contributed by atoms with E-state index in [1.165, 1.54) is 0 Å². The lowest BCUT2D eigenvalue weighted by atomic mass is 9.66. The summed E-state index contributed by atoms with van der Waals surface area (Å²) in [6.07, 6.45) is 4.38. The minimum Gasteiger partial charge on any atom is -0.466 e. The standard InChI is InChI=1S/C16H27BO4/c1-7-19-13(18)16(6)10-8-12(9-11-16)17-20-14(2,3)15(4,5)21-17/h8H,7,9-11H2,1-6H3. The molecule has 0 spiro atoms. The highest BCUT2D eigenvalue weighted by Crippen LogP contribution is 2.43. The smallest absolute Gasteiger partial charge is 0.466 e. The highest BCUT2D eigenvalue weighted by Gasteiger charge is 2.53. The molecule has 1 atom stereocenters. The molecule has 1 aliphatic heterocycles. The van der Waals surface area contributed by atoms with Crippen LogP contribution in [0.5, 0.6) is 0 Å². The maximum Gasteiger partial charge on any atom is 0.490 e. The molecule has 0 bridgehead atoms. The summed E-state index contributed by atoms with van der Waals surface area (Å²) in [4.78, 5) is 12.0. The van der Waals surface area contributed by atoms with Crippen molar-refractivity contribution in [2.45, 2.75) is 72.0 Å². The SMILES string of the molecule is CCOC(=O)C1(C)CC=C(B2OC(C)(C)C(C)(C)O2)CC1. The van der Waals surface area contributed by atoms with Gasteiger partial charge in [-0.15, -0.1) is 0 Å². The number of hydrogen-bond donors (Lipinski definition) is 0. The van der Waals surface area contributed by atoms with Gasteiger partial charge in [0.2, 0.25) is 0 Å². The molecule has 1 heterocycles. The summed E-state index contributed by atoms with van der Waals surface area (Å²) in [7, 11) is -0.290. The van der Waals surface area contributed by atoms with Crippen LogP contribution in [0.3, 0.4) is 0 Å². The third kappa shape index (κ3) is 3.04. The van der Waals surface area contributed by atoms with Crippen molar-refractivity contribution in [1.29, 1.82) is 0 Å². The van der Waals surface area contributed by atoms with E-state index in [1.807, 2.05) is 13.8 Å². The lowest BCUT2D eigenvalue weighted by Gasteiger charge is -2.32. The topological polar surface area (TPSA) is 44.8 Å². The first kappa shape index (κ1) is 16.6. The van der Waals surface area contributed by atoms with Crippen molar-refractivity contribution in [2.75, 3.05) is 6.61 Å². The van der Waals surface area contributed by atoms with Crippen molar-refractivity contribution in [2.24, 2.45) is 5.41 Å². The zero-order chi connectivity index (χ0) is 15.9. The number of carbonyl (C=O) groups excluding carboxylic acids is 1. The van der Waals surface area contributed by atoms with E-state index in [0.29, 0.717) is 13.0 Å². The fourth-order valence-corrected chi connectivity index (χ4v) is 2.68. The molecule has 118 valence electrons. The van der Waals surface area contributed by atoms with Crippen LogP contribution in [0.2, 0.25) is 0 Å². The van der Waals surface area contributed by atoms with Crippen LogP contribution < -0.4 is 0 Å². The first-order chi connectivity index (χ1) is 9.61. The van der Waals surface area contributed by atoms with Gasteiger partial charge in [-0.1, -0.05) is 6.08 Å². The zero-order valence-electron chi connectivity index (χ0n) is 14.1. The fourth-order valence-electron chi connectivity index (χ4n) is 2.68. The molecule has 0 aromatic carbocycles. The van der Waals surface area contributed by atoms with Gasteiger partial charge < -0.3 is 14.0 Å². The van der Waals surface area contributed by atoms with E-state index in [0.717, 1.165) is 18.3 Å². The van der Waals surface area contributed by atoms with Crippen LogP contribution in [-0.2, 0) is 18.8 Å². The largest absolute Gasteiger partial charge is 0.490 e.